The second-order valence-corrected chi connectivity index (χ2v) is 4.41. The van der Waals surface area contributed by atoms with Gasteiger partial charge in [0.05, 0.1) is 27.6 Å². The normalized spacial score (nSPS) is 12.5. The van der Waals surface area contributed by atoms with E-state index >= 15 is 0 Å². The first-order valence-electron chi connectivity index (χ1n) is 5.00. The molecule has 0 amide bonds. The van der Waals surface area contributed by atoms with E-state index in [-0.39, 0.29) is 0 Å². The van der Waals surface area contributed by atoms with E-state index in [1.807, 2.05) is 6.92 Å². The molecule has 88 valence electrons. The highest BCUT2D eigenvalue weighted by molar-refractivity contribution is 6.42. The van der Waals surface area contributed by atoms with Gasteiger partial charge in [0.1, 0.15) is 6.10 Å². The van der Waals surface area contributed by atoms with Gasteiger partial charge in [0.25, 0.3) is 0 Å². The largest absolute Gasteiger partial charge is 0.382 e. The molecule has 2 aromatic rings. The number of aromatic nitrogens is 2. The summed E-state index contributed by atoms with van der Waals surface area (Å²) in [6.07, 6.45) is 2.20. The molecule has 2 rings (SSSR count). The fourth-order valence-electron chi connectivity index (χ4n) is 1.43. The molecule has 3 nitrogen and oxygen atoms in total. The van der Waals surface area contributed by atoms with Crippen LogP contribution in [0.25, 0.3) is 0 Å². The first-order valence-corrected chi connectivity index (χ1v) is 5.75. The van der Waals surface area contributed by atoms with Gasteiger partial charge in [0.15, 0.2) is 0 Å². The minimum absolute atomic E-state index is 0.337. The lowest BCUT2D eigenvalue weighted by atomic mass is 10.1. The maximum atomic E-state index is 10.1. The number of halogens is 2. The van der Waals surface area contributed by atoms with Crippen molar-refractivity contribution in [3.8, 4) is 0 Å². The lowest BCUT2D eigenvalue weighted by Crippen LogP contribution is -2.04. The minimum Gasteiger partial charge on any atom is -0.382 e. The Morgan fingerprint density at radius 2 is 1.94 bits per heavy atom. The molecule has 17 heavy (non-hydrogen) atoms. The monoisotopic (exact) mass is 268 g/mol. The van der Waals surface area contributed by atoms with Crippen molar-refractivity contribution in [1.82, 2.24) is 9.97 Å². The first-order chi connectivity index (χ1) is 8.09. The van der Waals surface area contributed by atoms with Crippen molar-refractivity contribution in [3.05, 3.63) is 57.6 Å². The molecule has 1 atom stereocenters. The maximum absolute atomic E-state index is 10.1. The van der Waals surface area contributed by atoms with Crippen LogP contribution in [0.3, 0.4) is 0 Å². The van der Waals surface area contributed by atoms with Gasteiger partial charge < -0.3 is 5.11 Å². The maximum Gasteiger partial charge on any atom is 0.124 e. The summed E-state index contributed by atoms with van der Waals surface area (Å²) in [4.78, 5) is 8.19. The number of nitrogens with zero attached hydrogens (tertiary/aromatic N) is 2. The molecule has 1 aromatic heterocycles. The van der Waals surface area contributed by atoms with Crippen LogP contribution in [0.2, 0.25) is 10.0 Å². The summed E-state index contributed by atoms with van der Waals surface area (Å²) in [5, 5.41) is 10.9. The summed E-state index contributed by atoms with van der Waals surface area (Å²) >= 11 is 11.9. The number of hydrogen-bond donors (Lipinski definition) is 1. The van der Waals surface area contributed by atoms with E-state index in [2.05, 4.69) is 9.97 Å². The molecule has 0 aliphatic heterocycles. The second-order valence-electron chi connectivity index (χ2n) is 3.63. The number of rotatable bonds is 2. The highest BCUT2D eigenvalue weighted by Crippen LogP contribution is 2.32. The van der Waals surface area contributed by atoms with Gasteiger partial charge in [0, 0.05) is 11.8 Å². The van der Waals surface area contributed by atoms with Crippen molar-refractivity contribution in [1.29, 1.82) is 0 Å². The summed E-state index contributed by atoms with van der Waals surface area (Å²) < 4.78 is 0. The number of aryl methyl sites for hydroxylation is 1. The molecule has 0 aliphatic rings. The van der Waals surface area contributed by atoms with Gasteiger partial charge in [-0.2, -0.15) is 0 Å². The van der Waals surface area contributed by atoms with E-state index in [1.54, 1.807) is 24.4 Å². The molecule has 0 radical (unpaired) electrons. The topological polar surface area (TPSA) is 46.0 Å². The van der Waals surface area contributed by atoms with Crippen LogP contribution in [0.1, 0.15) is 23.1 Å². The summed E-state index contributed by atoms with van der Waals surface area (Å²) in [7, 11) is 0. The van der Waals surface area contributed by atoms with Gasteiger partial charge in [-0.15, -0.1) is 0 Å². The second kappa shape index (κ2) is 5.00. The average Bonchev–Trinajstić information content (AvgIpc) is 2.33. The van der Waals surface area contributed by atoms with Gasteiger partial charge in [-0.05, 0) is 13.0 Å². The van der Waals surface area contributed by atoms with Crippen molar-refractivity contribution in [3.63, 3.8) is 0 Å². The van der Waals surface area contributed by atoms with Crippen molar-refractivity contribution in [2.75, 3.05) is 0 Å². The Balaban J connectivity index is 2.40. The fraction of sp³-hybridized carbons (Fsp3) is 0.167. The highest BCUT2D eigenvalue weighted by Gasteiger charge is 2.16. The van der Waals surface area contributed by atoms with Crippen molar-refractivity contribution in [2.24, 2.45) is 0 Å². The van der Waals surface area contributed by atoms with E-state index in [4.69, 9.17) is 23.2 Å². The van der Waals surface area contributed by atoms with E-state index in [0.29, 0.717) is 21.3 Å². The van der Waals surface area contributed by atoms with Crippen molar-refractivity contribution >= 4 is 23.2 Å². The SMILES string of the molecule is Cc1cnc(C(O)c2cccc(Cl)c2Cl)cn1. The Hall–Kier alpha value is -1.16. The van der Waals surface area contributed by atoms with Gasteiger partial charge >= 0.3 is 0 Å². The predicted molar refractivity (Wildman–Crippen MR) is 67.3 cm³/mol. The third-order valence-corrected chi connectivity index (χ3v) is 3.19. The zero-order valence-electron chi connectivity index (χ0n) is 9.06. The lowest BCUT2D eigenvalue weighted by molar-refractivity contribution is 0.215. The van der Waals surface area contributed by atoms with E-state index in [0.717, 1.165) is 5.69 Å². The summed E-state index contributed by atoms with van der Waals surface area (Å²) in [5.74, 6) is 0. The Morgan fingerprint density at radius 1 is 1.18 bits per heavy atom. The van der Waals surface area contributed by atoms with Gasteiger partial charge in [0.2, 0.25) is 0 Å². The molecule has 0 saturated carbocycles. The third kappa shape index (κ3) is 2.57. The zero-order valence-corrected chi connectivity index (χ0v) is 10.6. The van der Waals surface area contributed by atoms with Crippen LogP contribution in [0.15, 0.2) is 30.6 Å². The van der Waals surface area contributed by atoms with Gasteiger partial charge in [-0.3, -0.25) is 9.97 Å². The van der Waals surface area contributed by atoms with Crippen molar-refractivity contribution < 1.29 is 5.11 Å². The summed E-state index contributed by atoms with van der Waals surface area (Å²) in [6, 6.07) is 5.11. The van der Waals surface area contributed by atoms with Crippen LogP contribution in [0.5, 0.6) is 0 Å². The fourth-order valence-corrected chi connectivity index (χ4v) is 1.85. The lowest BCUT2D eigenvalue weighted by Gasteiger charge is -2.12. The van der Waals surface area contributed by atoms with Crippen LogP contribution < -0.4 is 0 Å². The van der Waals surface area contributed by atoms with Crippen LogP contribution >= 0.6 is 23.2 Å². The molecule has 0 saturated heterocycles. The molecule has 1 unspecified atom stereocenters. The molecular weight excluding hydrogens is 259 g/mol. The van der Waals surface area contributed by atoms with Crippen LogP contribution in [-0.4, -0.2) is 15.1 Å². The zero-order chi connectivity index (χ0) is 12.4. The quantitative estimate of drug-likeness (QED) is 0.910. The summed E-state index contributed by atoms with van der Waals surface area (Å²) in [6.45, 7) is 1.83. The van der Waals surface area contributed by atoms with Gasteiger partial charge in [-0.25, -0.2) is 0 Å². The molecule has 0 aliphatic carbocycles. The van der Waals surface area contributed by atoms with Crippen LogP contribution in [0, 0.1) is 6.92 Å². The number of benzene rings is 1. The average molecular weight is 269 g/mol. The van der Waals surface area contributed by atoms with E-state index in [1.165, 1.54) is 6.20 Å². The number of aliphatic hydroxyl groups excluding tert-OH is 1. The summed E-state index contributed by atoms with van der Waals surface area (Å²) in [5.41, 5.74) is 1.76. The van der Waals surface area contributed by atoms with E-state index in [9.17, 15) is 5.11 Å². The smallest absolute Gasteiger partial charge is 0.124 e. The minimum atomic E-state index is -0.922. The Kier molecular flexibility index (Phi) is 3.62. The highest BCUT2D eigenvalue weighted by atomic mass is 35.5. The van der Waals surface area contributed by atoms with E-state index < -0.39 is 6.10 Å². The Bertz CT molecular complexity index is 529. The van der Waals surface area contributed by atoms with Gasteiger partial charge in [-0.1, -0.05) is 35.3 Å². The predicted octanol–water partition coefficient (Wildman–Crippen LogP) is 3.17. The molecular formula is C12H10Cl2N2O. The number of hydrogen-bond acceptors (Lipinski definition) is 3. The van der Waals surface area contributed by atoms with Crippen molar-refractivity contribution in [2.45, 2.75) is 13.0 Å². The van der Waals surface area contributed by atoms with Crippen LogP contribution in [-0.2, 0) is 0 Å². The molecule has 1 N–H and O–H groups in total. The molecule has 1 heterocycles. The standard InChI is InChI=1S/C12H10Cl2N2O/c1-7-5-16-10(6-15-7)12(17)8-3-2-4-9(13)11(8)14/h2-6,12,17H,1H3. The van der Waals surface area contributed by atoms with Crippen LogP contribution in [0.4, 0.5) is 0 Å². The molecule has 1 aromatic carbocycles. The molecule has 0 fully saturated rings. The third-order valence-electron chi connectivity index (χ3n) is 2.36. The number of aliphatic hydroxyl groups is 1. The Labute approximate surface area is 109 Å². The molecule has 0 bridgehead atoms. The first kappa shape index (κ1) is 12.3. The molecule has 0 spiro atoms. The Morgan fingerprint density at radius 3 is 2.59 bits per heavy atom. The molecule has 5 heteroatoms.